The summed E-state index contributed by atoms with van der Waals surface area (Å²) in [4.78, 5) is 6.83. The quantitative estimate of drug-likeness (QED) is 0.126. The second kappa shape index (κ2) is 14.0. The van der Waals surface area contributed by atoms with Gasteiger partial charge in [0.15, 0.2) is 0 Å². The fraction of sp³-hybridized carbons (Fsp3) is 0.474. The van der Waals surface area contributed by atoms with Crippen molar-refractivity contribution in [3.8, 4) is 0 Å². The molecule has 2 heterocycles. The predicted molar refractivity (Wildman–Crippen MR) is 127 cm³/mol. The molecule has 0 aromatic carbocycles. The average Bonchev–Trinajstić information content (AvgIpc) is 3.04. The van der Waals surface area contributed by atoms with E-state index in [0.29, 0.717) is 33.7 Å². The van der Waals surface area contributed by atoms with Gasteiger partial charge >= 0.3 is 33.0 Å². The maximum Gasteiger partial charge on any atom is 0 e. The van der Waals surface area contributed by atoms with Crippen molar-refractivity contribution >= 4 is 54.2 Å². The molecule has 35 heavy (non-hydrogen) atoms. The molecule has 0 unspecified atom stereocenters. The fourth-order valence-corrected chi connectivity index (χ4v) is 3.35. The van der Waals surface area contributed by atoms with Crippen LogP contribution in [0.2, 0.25) is 0 Å². The van der Waals surface area contributed by atoms with E-state index >= 15 is 0 Å². The van der Waals surface area contributed by atoms with E-state index in [1.165, 1.54) is 25.7 Å². The minimum absolute atomic E-state index is 0. The first-order valence-corrected chi connectivity index (χ1v) is 13.4. The Kier molecular flexibility index (Phi) is 14.2. The molecule has 0 saturated heterocycles. The molecule has 3 aliphatic rings. The van der Waals surface area contributed by atoms with Crippen LogP contribution < -0.4 is 0 Å². The van der Waals surface area contributed by atoms with Gasteiger partial charge < -0.3 is 19.6 Å². The van der Waals surface area contributed by atoms with Crippen LogP contribution in [0, 0.1) is 39.0 Å². The monoisotopic (exact) mass is 696 g/mol. The first-order valence-electron chi connectivity index (χ1n) is 9.89. The minimum atomic E-state index is -10.7. The van der Waals surface area contributed by atoms with Crippen molar-refractivity contribution in [2.24, 2.45) is 0 Å². The molecule has 16 heteroatoms. The molecule has 0 aromatic heterocycles. The molecule has 205 valence electrons. The van der Waals surface area contributed by atoms with E-state index in [2.05, 4.69) is 39.0 Å². The van der Waals surface area contributed by atoms with Gasteiger partial charge in [0.2, 0.25) is 13.3 Å². The van der Waals surface area contributed by atoms with Crippen molar-refractivity contribution in [1.29, 1.82) is 0 Å². The third kappa shape index (κ3) is 16.8. The summed E-state index contributed by atoms with van der Waals surface area (Å²) in [6.45, 7) is 7.40. The molecule has 0 aromatic rings. The Balaban J connectivity index is 0.000000599. The van der Waals surface area contributed by atoms with Crippen LogP contribution in [0.3, 0.4) is 0 Å². The maximum atomic E-state index is 9.87. The van der Waals surface area contributed by atoms with E-state index in [4.69, 9.17) is 46.4 Å². The molecule has 9 radical (unpaired) electrons. The molecule has 0 spiro atoms. The van der Waals surface area contributed by atoms with E-state index in [1.54, 1.807) is 33.7 Å². The third-order valence-corrected chi connectivity index (χ3v) is 5.87. The van der Waals surface area contributed by atoms with Crippen LogP contribution in [0.15, 0.2) is 20.6 Å². The summed E-state index contributed by atoms with van der Waals surface area (Å²) in [7, 11) is -7.07. The molecule has 0 atom stereocenters. The van der Waals surface area contributed by atoms with Crippen molar-refractivity contribution < 1.29 is 44.7 Å². The first-order chi connectivity index (χ1) is 15.4. The van der Waals surface area contributed by atoms with Gasteiger partial charge in [-0.3, -0.25) is 0 Å². The summed E-state index contributed by atoms with van der Waals surface area (Å²) in [5, 5.41) is 1.91. The van der Waals surface area contributed by atoms with Crippen LogP contribution >= 0.6 is 54.2 Å². The van der Waals surface area contributed by atoms with Crippen LogP contribution in [0.4, 0.5) is 25.2 Å². The van der Waals surface area contributed by atoms with Gasteiger partial charge in [-0.15, -0.1) is 0 Å². The third-order valence-electron chi connectivity index (χ3n) is 4.04. The average molecular weight is 698 g/mol. The zero-order valence-electron chi connectivity index (χ0n) is 18.6. The Morgan fingerprint density at radius 3 is 1.11 bits per heavy atom. The van der Waals surface area contributed by atoms with Crippen molar-refractivity contribution in [2.45, 2.75) is 32.1 Å². The summed E-state index contributed by atoms with van der Waals surface area (Å²) in [6.07, 6.45) is 14.8. The normalized spacial score (nSPS) is 21.3. The van der Waals surface area contributed by atoms with E-state index in [1.807, 2.05) is 0 Å². The molecule has 1 fully saturated rings. The summed E-state index contributed by atoms with van der Waals surface area (Å²) in [6, 6.07) is 0. The van der Waals surface area contributed by atoms with Crippen LogP contribution in [-0.2, 0) is 19.5 Å². The Labute approximate surface area is 236 Å². The van der Waals surface area contributed by atoms with Crippen molar-refractivity contribution in [2.75, 3.05) is 27.2 Å². The van der Waals surface area contributed by atoms with Crippen LogP contribution in [-0.4, -0.2) is 46.8 Å². The summed E-state index contributed by atoms with van der Waals surface area (Å²) < 4.78 is 59.2. The number of hydrogen-bond donors (Lipinski definition) is 0. The van der Waals surface area contributed by atoms with Gasteiger partial charge in [0.1, 0.15) is 20.6 Å². The molecule has 2 aliphatic heterocycles. The van der Waals surface area contributed by atoms with Gasteiger partial charge in [-0.2, -0.15) is 0 Å². The largest absolute Gasteiger partial charge is 0.0496 e. The molecular weight excluding hydrogens is 674 g/mol. The molecule has 3 rings (SSSR count). The Morgan fingerprint density at radius 1 is 0.657 bits per heavy atom. The van der Waals surface area contributed by atoms with E-state index < -0.39 is 7.81 Å². The van der Waals surface area contributed by atoms with E-state index in [-0.39, 0.29) is 19.5 Å². The van der Waals surface area contributed by atoms with Gasteiger partial charge in [-0.05, 0) is 57.8 Å². The van der Waals surface area contributed by atoms with Crippen LogP contribution in [0.5, 0.6) is 0 Å². The Bertz CT molecular complexity index is 669. The summed E-state index contributed by atoms with van der Waals surface area (Å²) in [5.74, 6) is 0. The molecule has 0 bridgehead atoms. The van der Waals surface area contributed by atoms with Gasteiger partial charge in [-0.25, -0.2) is 0 Å². The van der Waals surface area contributed by atoms with E-state index in [9.17, 15) is 25.2 Å². The molecule has 0 amide bonds. The molecule has 1 aliphatic carbocycles. The Morgan fingerprint density at radius 2 is 0.914 bits per heavy atom. The number of halogens is 10. The standard InChI is InChI=1S/C11H12Cl4N4.C8H12.F6P.Rh/c1-16-6-18(10(14)8(16)12)4-3-5-19-7-17(2)9(13)11(19)15;1-2-4-6-8-7-5-3-1;1-7(2,3,4,5)6;/h3-5H2,1-2H3;1-2,7-8H,3-6H2;;/q;;-1;. The van der Waals surface area contributed by atoms with Gasteiger partial charge in [0.05, 0.1) is 0 Å². The van der Waals surface area contributed by atoms with Crippen molar-refractivity contribution in [3.05, 3.63) is 59.6 Å². The predicted octanol–water partition coefficient (Wildman–Crippen LogP) is 8.83. The van der Waals surface area contributed by atoms with Crippen LogP contribution in [0.25, 0.3) is 0 Å². The Hall–Kier alpha value is 0.473. The van der Waals surface area contributed by atoms with Crippen LogP contribution in [0.1, 0.15) is 32.1 Å². The van der Waals surface area contributed by atoms with Gasteiger partial charge in [0.25, 0.3) is 0 Å². The zero-order chi connectivity index (χ0) is 26.2. The zero-order valence-corrected chi connectivity index (χ0v) is 24.2. The maximum absolute atomic E-state index is 10.7. The number of nitrogens with zero attached hydrogens (tertiary/aromatic N) is 4. The SMILES string of the molecule is CN1[C]N(CCCN2[C]N(C)C(Cl)=C2Cl)C(Cl)=C1Cl.F[P-](F)(F)(F)(F)F.[CH]1[CH]CC[CH][CH]CC1.[Rh]. The second-order valence-electron chi connectivity index (χ2n) is 7.19. The number of rotatable bonds is 4. The summed E-state index contributed by atoms with van der Waals surface area (Å²) in [5.41, 5.74) is 0. The smallest absolute Gasteiger partial charge is 0 e. The van der Waals surface area contributed by atoms with Gasteiger partial charge in [0, 0.05) is 46.7 Å². The molecule has 0 N–H and O–H groups in total. The first kappa shape index (κ1) is 35.5. The minimum Gasteiger partial charge on any atom is -0.0496 e. The number of hydrogen-bond acceptors (Lipinski definition) is 4. The summed E-state index contributed by atoms with van der Waals surface area (Å²) >= 11 is 24.1. The van der Waals surface area contributed by atoms with Gasteiger partial charge in [-0.1, -0.05) is 46.4 Å². The molecule has 1 saturated carbocycles. The second-order valence-corrected chi connectivity index (χ2v) is 10.5. The topological polar surface area (TPSA) is 13.0 Å². The van der Waals surface area contributed by atoms with E-state index in [0.717, 1.165) is 6.42 Å². The van der Waals surface area contributed by atoms with Crippen molar-refractivity contribution in [1.82, 2.24) is 19.6 Å². The fourth-order valence-electron chi connectivity index (χ4n) is 2.58. The molecule has 4 nitrogen and oxygen atoms in total. The molecular formula is C19H24Cl4F6N4PRh-. The van der Waals surface area contributed by atoms with Crippen molar-refractivity contribution in [3.63, 3.8) is 0 Å².